The summed E-state index contributed by atoms with van der Waals surface area (Å²) in [6.45, 7) is 3.16. The van der Waals surface area contributed by atoms with Gasteiger partial charge >= 0.3 is 0 Å². The summed E-state index contributed by atoms with van der Waals surface area (Å²) in [4.78, 5) is 43.0. The van der Waals surface area contributed by atoms with E-state index in [-0.39, 0.29) is 17.5 Å². The van der Waals surface area contributed by atoms with E-state index in [9.17, 15) is 19.7 Å². The lowest BCUT2D eigenvalue weighted by Gasteiger charge is -2.35. The molecule has 1 aromatic heterocycles. The van der Waals surface area contributed by atoms with Crippen molar-refractivity contribution in [2.24, 2.45) is 0 Å². The molecule has 0 saturated carbocycles. The molecular weight excluding hydrogens is 336 g/mol. The first kappa shape index (κ1) is 17.5. The largest absolute Gasteiger partial charge is 0.335 e. The van der Waals surface area contributed by atoms with Crippen LogP contribution in [-0.4, -0.2) is 57.7 Å². The maximum Gasteiger partial charge on any atom is 0.273 e. The summed E-state index contributed by atoms with van der Waals surface area (Å²) in [5.41, 5.74) is 1.13. The topological polar surface area (TPSA) is 96.7 Å². The van der Waals surface area contributed by atoms with Crippen molar-refractivity contribution >= 4 is 17.5 Å². The average molecular weight is 354 g/mol. The number of nitro benzene ring substituents is 1. The van der Waals surface area contributed by atoms with E-state index in [1.54, 1.807) is 41.1 Å². The molecule has 0 aliphatic carbocycles. The number of hydrogen-bond acceptors (Lipinski definition) is 5. The molecule has 8 nitrogen and oxygen atoms in total. The summed E-state index contributed by atoms with van der Waals surface area (Å²) >= 11 is 0. The molecule has 1 saturated heterocycles. The van der Waals surface area contributed by atoms with E-state index in [0.29, 0.717) is 42.9 Å². The van der Waals surface area contributed by atoms with Crippen molar-refractivity contribution in [3.05, 3.63) is 69.5 Å². The lowest BCUT2D eigenvalue weighted by atomic mass is 10.1. The normalized spacial score (nSPS) is 14.2. The fourth-order valence-electron chi connectivity index (χ4n) is 3.01. The minimum absolute atomic E-state index is 0.0683. The van der Waals surface area contributed by atoms with Gasteiger partial charge in [0, 0.05) is 55.8 Å². The zero-order valence-electron chi connectivity index (χ0n) is 14.3. The molecule has 134 valence electrons. The quantitative estimate of drug-likeness (QED) is 0.619. The molecule has 0 atom stereocenters. The molecular formula is C18H18N4O4. The summed E-state index contributed by atoms with van der Waals surface area (Å²) in [6, 6.07) is 7.91. The zero-order valence-corrected chi connectivity index (χ0v) is 14.3. The number of nitro groups is 1. The third-order valence-electron chi connectivity index (χ3n) is 4.49. The maximum atomic E-state index is 12.7. The molecule has 1 aliphatic rings. The molecule has 0 radical (unpaired) electrons. The second-order valence-electron chi connectivity index (χ2n) is 6.03. The Morgan fingerprint density at radius 2 is 1.69 bits per heavy atom. The van der Waals surface area contributed by atoms with Crippen molar-refractivity contribution < 1.29 is 14.5 Å². The van der Waals surface area contributed by atoms with E-state index in [2.05, 4.69) is 4.98 Å². The Morgan fingerprint density at radius 3 is 2.27 bits per heavy atom. The lowest BCUT2D eigenvalue weighted by Crippen LogP contribution is -2.50. The molecule has 2 heterocycles. The summed E-state index contributed by atoms with van der Waals surface area (Å²) in [7, 11) is 0. The SMILES string of the molecule is Cc1c(C(=O)N2CCN(C(=O)c3cccnc3)CC2)cccc1[N+](=O)[O-]. The number of amides is 2. The fourth-order valence-corrected chi connectivity index (χ4v) is 3.01. The Kier molecular flexibility index (Phi) is 4.92. The highest BCUT2D eigenvalue weighted by Crippen LogP contribution is 2.23. The van der Waals surface area contributed by atoms with E-state index in [4.69, 9.17) is 0 Å². The lowest BCUT2D eigenvalue weighted by molar-refractivity contribution is -0.385. The van der Waals surface area contributed by atoms with Crippen molar-refractivity contribution in [2.75, 3.05) is 26.2 Å². The van der Waals surface area contributed by atoms with Crippen LogP contribution >= 0.6 is 0 Å². The van der Waals surface area contributed by atoms with Crippen molar-refractivity contribution in [3.63, 3.8) is 0 Å². The van der Waals surface area contributed by atoms with Crippen LogP contribution in [0.25, 0.3) is 0 Å². The van der Waals surface area contributed by atoms with Crippen LogP contribution in [0.2, 0.25) is 0 Å². The number of rotatable bonds is 3. The standard InChI is InChI=1S/C18H18N4O4/c1-13-15(5-2-6-16(13)22(25)26)18(24)21-10-8-20(9-11-21)17(23)14-4-3-7-19-12-14/h2-7,12H,8-11H2,1H3. The first-order valence-corrected chi connectivity index (χ1v) is 8.21. The molecule has 3 rings (SSSR count). The third-order valence-corrected chi connectivity index (χ3v) is 4.49. The van der Waals surface area contributed by atoms with Gasteiger partial charge in [-0.3, -0.25) is 24.7 Å². The molecule has 0 N–H and O–H groups in total. The Morgan fingerprint density at radius 1 is 1.04 bits per heavy atom. The van der Waals surface area contributed by atoms with E-state index >= 15 is 0 Å². The molecule has 0 unspecified atom stereocenters. The van der Waals surface area contributed by atoms with Gasteiger partial charge in [-0.05, 0) is 25.1 Å². The third kappa shape index (κ3) is 3.39. The monoisotopic (exact) mass is 354 g/mol. The zero-order chi connectivity index (χ0) is 18.7. The Bertz CT molecular complexity index is 846. The number of benzene rings is 1. The molecule has 8 heteroatoms. The highest BCUT2D eigenvalue weighted by Gasteiger charge is 2.27. The van der Waals surface area contributed by atoms with Crippen molar-refractivity contribution in [1.29, 1.82) is 0 Å². The van der Waals surface area contributed by atoms with Gasteiger partial charge in [-0.15, -0.1) is 0 Å². The number of hydrogen-bond donors (Lipinski definition) is 0. The minimum atomic E-state index is -0.489. The van der Waals surface area contributed by atoms with Gasteiger partial charge in [0.25, 0.3) is 17.5 Å². The molecule has 1 aromatic carbocycles. The molecule has 2 amide bonds. The second kappa shape index (κ2) is 7.30. The second-order valence-corrected chi connectivity index (χ2v) is 6.03. The van der Waals surface area contributed by atoms with Crippen LogP contribution < -0.4 is 0 Å². The summed E-state index contributed by atoms with van der Waals surface area (Å²) in [6.07, 6.45) is 3.13. The van der Waals surface area contributed by atoms with E-state index in [1.165, 1.54) is 18.3 Å². The number of carbonyl (C=O) groups excluding carboxylic acids is 2. The van der Waals surface area contributed by atoms with Crippen LogP contribution in [0, 0.1) is 17.0 Å². The number of nitrogens with zero attached hydrogens (tertiary/aromatic N) is 4. The Balaban J connectivity index is 1.69. The van der Waals surface area contributed by atoms with Crippen LogP contribution in [0.5, 0.6) is 0 Å². The minimum Gasteiger partial charge on any atom is -0.335 e. The van der Waals surface area contributed by atoms with Crippen LogP contribution in [0.3, 0.4) is 0 Å². The predicted octanol–water partition coefficient (Wildman–Crippen LogP) is 1.90. The average Bonchev–Trinajstić information content (AvgIpc) is 2.67. The first-order chi connectivity index (χ1) is 12.5. The van der Waals surface area contributed by atoms with Crippen molar-refractivity contribution in [2.45, 2.75) is 6.92 Å². The van der Waals surface area contributed by atoms with Crippen LogP contribution in [0.15, 0.2) is 42.7 Å². The molecule has 1 fully saturated rings. The first-order valence-electron chi connectivity index (χ1n) is 8.21. The highest BCUT2D eigenvalue weighted by atomic mass is 16.6. The van der Waals surface area contributed by atoms with Crippen LogP contribution in [0.4, 0.5) is 5.69 Å². The molecule has 1 aliphatic heterocycles. The highest BCUT2D eigenvalue weighted by molar-refractivity contribution is 5.97. The molecule has 26 heavy (non-hydrogen) atoms. The number of carbonyl (C=O) groups is 2. The van der Waals surface area contributed by atoms with E-state index in [0.717, 1.165) is 0 Å². The number of aromatic nitrogens is 1. The van der Waals surface area contributed by atoms with Gasteiger partial charge in [-0.1, -0.05) is 6.07 Å². The number of piperazine rings is 1. The van der Waals surface area contributed by atoms with Crippen molar-refractivity contribution in [3.8, 4) is 0 Å². The maximum absolute atomic E-state index is 12.7. The van der Waals surface area contributed by atoms with Gasteiger partial charge < -0.3 is 9.80 Å². The predicted molar refractivity (Wildman–Crippen MR) is 93.9 cm³/mol. The Hall–Kier alpha value is -3.29. The van der Waals surface area contributed by atoms with Gasteiger partial charge in [-0.25, -0.2) is 0 Å². The molecule has 0 spiro atoms. The smallest absolute Gasteiger partial charge is 0.273 e. The van der Waals surface area contributed by atoms with Gasteiger partial charge in [0.1, 0.15) is 0 Å². The van der Waals surface area contributed by atoms with Gasteiger partial charge in [-0.2, -0.15) is 0 Å². The van der Waals surface area contributed by atoms with Gasteiger partial charge in [0.15, 0.2) is 0 Å². The molecule has 0 bridgehead atoms. The van der Waals surface area contributed by atoms with E-state index < -0.39 is 4.92 Å². The summed E-state index contributed by atoms with van der Waals surface area (Å²) in [5.74, 6) is -0.364. The Labute approximate surface area is 150 Å². The summed E-state index contributed by atoms with van der Waals surface area (Å²) in [5, 5.41) is 11.1. The van der Waals surface area contributed by atoms with Gasteiger partial charge in [0.05, 0.1) is 10.5 Å². The van der Waals surface area contributed by atoms with E-state index in [1.807, 2.05) is 0 Å². The number of pyridine rings is 1. The fraction of sp³-hybridized carbons (Fsp3) is 0.278. The van der Waals surface area contributed by atoms with Crippen LogP contribution in [0.1, 0.15) is 26.3 Å². The molecule has 2 aromatic rings. The van der Waals surface area contributed by atoms with Gasteiger partial charge in [0.2, 0.25) is 0 Å². The van der Waals surface area contributed by atoms with Crippen molar-refractivity contribution in [1.82, 2.24) is 14.8 Å². The summed E-state index contributed by atoms with van der Waals surface area (Å²) < 4.78 is 0. The van der Waals surface area contributed by atoms with Crippen LogP contribution in [-0.2, 0) is 0 Å².